The summed E-state index contributed by atoms with van der Waals surface area (Å²) in [5.74, 6) is -0.292. The summed E-state index contributed by atoms with van der Waals surface area (Å²) < 4.78 is 7.73. The molecule has 0 saturated carbocycles. The number of hydrogen-bond acceptors (Lipinski definition) is 10. The van der Waals surface area contributed by atoms with Crippen LogP contribution in [0.25, 0.3) is 27.7 Å². The lowest BCUT2D eigenvalue weighted by molar-refractivity contribution is -0.120. The van der Waals surface area contributed by atoms with E-state index in [-0.39, 0.29) is 28.9 Å². The van der Waals surface area contributed by atoms with Gasteiger partial charge in [-0.05, 0) is 51.5 Å². The van der Waals surface area contributed by atoms with Crippen molar-refractivity contribution in [3.8, 4) is 16.6 Å². The maximum Gasteiger partial charge on any atom is 0.341 e. The highest BCUT2D eigenvalue weighted by Gasteiger charge is 2.35. The fourth-order valence-corrected chi connectivity index (χ4v) is 5.64. The van der Waals surface area contributed by atoms with E-state index < -0.39 is 17.0 Å². The number of carboxylic acids is 1. The number of nitrogens with one attached hydrogen (secondary N) is 1. The van der Waals surface area contributed by atoms with E-state index in [2.05, 4.69) is 24.8 Å². The van der Waals surface area contributed by atoms with E-state index >= 15 is 0 Å². The van der Waals surface area contributed by atoms with Gasteiger partial charge in [-0.3, -0.25) is 23.8 Å². The molecule has 1 aliphatic heterocycles. The number of hydrogen-bond donors (Lipinski definition) is 2. The average molecular weight is 586 g/mol. The standard InChI is InChI=1S/C28H27N9O4S/c1-14(2)37-16(4)10-20(33-37)30-26(39)17-11-35(12-17)21-9-15(3)22-23(38)18(27(40)41)13-36(25(22)31-21)28-32-24(34-42-28)19-7-5-6-8-29-19/h5-10,13-14,17H,11-12H2,1-4H3,(H,40,41)(H,30,33,39). The van der Waals surface area contributed by atoms with Gasteiger partial charge in [-0.1, -0.05) is 6.07 Å². The number of anilines is 2. The Morgan fingerprint density at radius 2 is 1.93 bits per heavy atom. The smallest absolute Gasteiger partial charge is 0.341 e. The molecule has 6 heterocycles. The molecule has 1 fully saturated rings. The molecule has 0 spiro atoms. The third-order valence-electron chi connectivity index (χ3n) is 7.13. The van der Waals surface area contributed by atoms with Crippen LogP contribution in [0.4, 0.5) is 11.6 Å². The highest BCUT2D eigenvalue weighted by Crippen LogP contribution is 2.29. The lowest BCUT2D eigenvalue weighted by Crippen LogP contribution is -2.52. The van der Waals surface area contributed by atoms with Crippen molar-refractivity contribution in [3.63, 3.8) is 0 Å². The molecular formula is C28H27N9O4S. The van der Waals surface area contributed by atoms with Crippen LogP contribution >= 0.6 is 11.5 Å². The summed E-state index contributed by atoms with van der Waals surface area (Å²) in [5, 5.41) is 17.7. The van der Waals surface area contributed by atoms with Crippen LogP contribution in [0.1, 0.15) is 41.5 Å². The van der Waals surface area contributed by atoms with Crippen molar-refractivity contribution in [2.75, 3.05) is 23.3 Å². The average Bonchev–Trinajstić information content (AvgIpc) is 3.55. The lowest BCUT2D eigenvalue weighted by atomic mass is 9.98. The Hall–Kier alpha value is -4.98. The summed E-state index contributed by atoms with van der Waals surface area (Å²) >= 11 is 1.04. The van der Waals surface area contributed by atoms with Gasteiger partial charge < -0.3 is 15.3 Å². The quantitative estimate of drug-likeness (QED) is 0.289. The van der Waals surface area contributed by atoms with Crippen LogP contribution in [-0.4, -0.2) is 63.7 Å². The number of aromatic nitrogens is 7. The number of carboxylic acid groups (broad SMARTS) is 1. The van der Waals surface area contributed by atoms with Crippen LogP contribution in [-0.2, 0) is 4.79 Å². The van der Waals surface area contributed by atoms with Gasteiger partial charge in [-0.25, -0.2) is 9.78 Å². The Kier molecular flexibility index (Phi) is 6.77. The third kappa shape index (κ3) is 4.79. The zero-order valence-electron chi connectivity index (χ0n) is 23.3. The number of fused-ring (bicyclic) bond motifs is 1. The van der Waals surface area contributed by atoms with Crippen molar-refractivity contribution in [2.24, 2.45) is 5.92 Å². The van der Waals surface area contributed by atoms with Crippen molar-refractivity contribution in [3.05, 3.63) is 69.8 Å². The highest BCUT2D eigenvalue weighted by atomic mass is 32.1. The first kappa shape index (κ1) is 27.2. The van der Waals surface area contributed by atoms with Gasteiger partial charge in [0.15, 0.2) is 17.3 Å². The van der Waals surface area contributed by atoms with Gasteiger partial charge >= 0.3 is 5.97 Å². The number of carbonyl (C=O) groups excluding carboxylic acids is 1. The number of aryl methyl sites for hydroxylation is 2. The van der Waals surface area contributed by atoms with E-state index in [0.29, 0.717) is 46.9 Å². The van der Waals surface area contributed by atoms with Gasteiger partial charge in [0, 0.05) is 54.8 Å². The fourth-order valence-electron chi connectivity index (χ4n) is 4.98. The number of rotatable bonds is 7. The molecule has 2 N–H and O–H groups in total. The number of nitrogens with zero attached hydrogens (tertiary/aromatic N) is 8. The Balaban J connectivity index is 1.31. The fraction of sp³-hybridized carbons (Fsp3) is 0.286. The number of aromatic carboxylic acids is 1. The molecule has 0 atom stereocenters. The van der Waals surface area contributed by atoms with Crippen molar-refractivity contribution in [2.45, 2.75) is 33.7 Å². The predicted octanol–water partition coefficient (Wildman–Crippen LogP) is 3.47. The highest BCUT2D eigenvalue weighted by molar-refractivity contribution is 7.08. The van der Waals surface area contributed by atoms with Crippen LogP contribution in [0.5, 0.6) is 0 Å². The lowest BCUT2D eigenvalue weighted by Gasteiger charge is -2.39. The van der Waals surface area contributed by atoms with Gasteiger partial charge in [0.2, 0.25) is 16.5 Å². The first-order valence-electron chi connectivity index (χ1n) is 13.3. The van der Waals surface area contributed by atoms with E-state index in [1.807, 2.05) is 42.5 Å². The molecule has 5 aromatic heterocycles. The molecule has 1 aliphatic rings. The monoisotopic (exact) mass is 585 g/mol. The molecule has 0 aromatic carbocycles. The molecule has 6 rings (SSSR count). The molecule has 1 amide bonds. The molecule has 214 valence electrons. The number of carbonyl (C=O) groups is 2. The second kappa shape index (κ2) is 10.4. The van der Waals surface area contributed by atoms with Gasteiger partial charge in [0.05, 0.1) is 11.3 Å². The van der Waals surface area contributed by atoms with Crippen molar-refractivity contribution in [1.29, 1.82) is 0 Å². The van der Waals surface area contributed by atoms with E-state index in [1.54, 1.807) is 31.3 Å². The molecule has 42 heavy (non-hydrogen) atoms. The maximum atomic E-state index is 13.2. The topological polar surface area (TPSA) is 161 Å². The van der Waals surface area contributed by atoms with Crippen molar-refractivity contribution in [1.82, 2.24) is 33.7 Å². The molecule has 14 heteroatoms. The summed E-state index contributed by atoms with van der Waals surface area (Å²) in [6, 6.07) is 9.14. The number of pyridine rings is 3. The summed E-state index contributed by atoms with van der Waals surface area (Å²) in [7, 11) is 0. The zero-order valence-corrected chi connectivity index (χ0v) is 24.1. The molecule has 13 nitrogen and oxygen atoms in total. The zero-order chi connectivity index (χ0) is 29.7. The summed E-state index contributed by atoms with van der Waals surface area (Å²) in [5.41, 5.74) is 1.32. The van der Waals surface area contributed by atoms with Crippen LogP contribution in [0, 0.1) is 19.8 Å². The Morgan fingerprint density at radius 3 is 2.60 bits per heavy atom. The molecule has 0 aliphatic carbocycles. The molecular weight excluding hydrogens is 558 g/mol. The second-order valence-corrected chi connectivity index (χ2v) is 11.2. The summed E-state index contributed by atoms with van der Waals surface area (Å²) in [4.78, 5) is 53.6. The molecule has 0 radical (unpaired) electrons. The normalized spacial score (nSPS) is 13.5. The molecule has 5 aromatic rings. The summed E-state index contributed by atoms with van der Waals surface area (Å²) in [6.45, 7) is 8.59. The van der Waals surface area contributed by atoms with E-state index in [4.69, 9.17) is 4.98 Å². The minimum Gasteiger partial charge on any atom is -0.477 e. The minimum absolute atomic E-state index is 0.129. The van der Waals surface area contributed by atoms with Gasteiger partial charge in [0.1, 0.15) is 17.1 Å². The number of amides is 1. The van der Waals surface area contributed by atoms with E-state index in [9.17, 15) is 19.5 Å². The Labute approximate surface area is 243 Å². The van der Waals surface area contributed by atoms with Crippen molar-refractivity contribution < 1.29 is 14.7 Å². The van der Waals surface area contributed by atoms with Crippen LogP contribution in [0.2, 0.25) is 0 Å². The van der Waals surface area contributed by atoms with Gasteiger partial charge in [-0.2, -0.15) is 14.5 Å². The molecule has 0 bridgehead atoms. The predicted molar refractivity (Wildman–Crippen MR) is 157 cm³/mol. The molecule has 1 saturated heterocycles. The largest absolute Gasteiger partial charge is 0.477 e. The first-order valence-corrected chi connectivity index (χ1v) is 14.1. The first-order chi connectivity index (χ1) is 20.1. The van der Waals surface area contributed by atoms with Crippen LogP contribution in [0.3, 0.4) is 0 Å². The van der Waals surface area contributed by atoms with E-state index in [0.717, 1.165) is 17.2 Å². The van der Waals surface area contributed by atoms with Crippen molar-refractivity contribution >= 4 is 46.1 Å². The van der Waals surface area contributed by atoms with Gasteiger partial charge in [-0.15, -0.1) is 0 Å². The van der Waals surface area contributed by atoms with E-state index in [1.165, 1.54) is 10.8 Å². The van der Waals surface area contributed by atoms with Crippen LogP contribution < -0.4 is 15.6 Å². The third-order valence-corrected chi connectivity index (χ3v) is 7.84. The Bertz CT molecular complexity index is 1910. The Morgan fingerprint density at radius 1 is 1.14 bits per heavy atom. The SMILES string of the molecule is Cc1cc(N2CC(C(=O)Nc3cc(C)n(C(C)C)n3)C2)nc2c1c(=O)c(C(=O)O)cn2-c1nc(-c2ccccn2)ns1. The maximum absolute atomic E-state index is 13.2. The minimum atomic E-state index is -1.35. The second-order valence-electron chi connectivity index (χ2n) is 10.5. The molecule has 0 unspecified atom stereocenters. The van der Waals surface area contributed by atoms with Crippen LogP contribution in [0.15, 0.2) is 47.5 Å². The van der Waals surface area contributed by atoms with Gasteiger partial charge in [0.25, 0.3) is 0 Å². The summed E-state index contributed by atoms with van der Waals surface area (Å²) in [6.07, 6.45) is 2.86.